The van der Waals surface area contributed by atoms with Gasteiger partial charge in [-0.2, -0.15) is 0 Å². The fraction of sp³-hybridized carbons (Fsp3) is 0.812. The number of aryl methyl sites for hydroxylation is 1. The number of rotatable bonds is 9. The zero-order valence-electron chi connectivity index (χ0n) is 13.1. The van der Waals surface area contributed by atoms with Crippen molar-refractivity contribution in [2.45, 2.75) is 71.9 Å². The van der Waals surface area contributed by atoms with E-state index < -0.39 is 0 Å². The highest BCUT2D eigenvalue weighted by atomic mass is 16.5. The maximum absolute atomic E-state index is 5.58. The summed E-state index contributed by atoms with van der Waals surface area (Å²) >= 11 is 0. The van der Waals surface area contributed by atoms with E-state index in [1.54, 1.807) is 0 Å². The van der Waals surface area contributed by atoms with Gasteiger partial charge in [0.25, 0.3) is 0 Å². The largest absolute Gasteiger partial charge is 0.381 e. The standard InChI is InChI=1S/C16H30N2O/c1-16(2,3)10-7-9-15(19-4)8-5-6-12-18-13-11-17-14-18/h11,13-15H,5-10,12H2,1-4H3/t15-/m1/s1. The van der Waals surface area contributed by atoms with Gasteiger partial charge in [-0.05, 0) is 37.5 Å². The molecule has 1 atom stereocenters. The van der Waals surface area contributed by atoms with Crippen LogP contribution in [0.4, 0.5) is 0 Å². The van der Waals surface area contributed by atoms with Gasteiger partial charge in [-0.1, -0.05) is 27.2 Å². The molecule has 1 aromatic heterocycles. The predicted octanol–water partition coefficient (Wildman–Crippen LogP) is 4.28. The van der Waals surface area contributed by atoms with Crippen molar-refractivity contribution in [1.29, 1.82) is 0 Å². The Kier molecular flexibility index (Phi) is 7.14. The topological polar surface area (TPSA) is 27.1 Å². The van der Waals surface area contributed by atoms with Crippen LogP contribution in [-0.4, -0.2) is 22.8 Å². The van der Waals surface area contributed by atoms with Gasteiger partial charge < -0.3 is 9.30 Å². The Balaban J connectivity index is 2.08. The molecular formula is C16H30N2O. The number of hydrogen-bond acceptors (Lipinski definition) is 2. The second kappa shape index (κ2) is 8.36. The summed E-state index contributed by atoms with van der Waals surface area (Å²) in [4.78, 5) is 4.05. The number of nitrogens with zero attached hydrogens (tertiary/aromatic N) is 2. The van der Waals surface area contributed by atoms with Crippen LogP contribution in [0.5, 0.6) is 0 Å². The van der Waals surface area contributed by atoms with E-state index in [1.165, 1.54) is 38.5 Å². The molecule has 0 radical (unpaired) electrons. The van der Waals surface area contributed by atoms with Crippen LogP contribution < -0.4 is 0 Å². The minimum absolute atomic E-state index is 0.435. The van der Waals surface area contributed by atoms with Crippen LogP contribution in [-0.2, 0) is 11.3 Å². The van der Waals surface area contributed by atoms with E-state index in [2.05, 4.69) is 30.3 Å². The first-order chi connectivity index (χ1) is 9.01. The Morgan fingerprint density at radius 1 is 1.16 bits per heavy atom. The third-order valence-corrected chi connectivity index (χ3v) is 3.54. The van der Waals surface area contributed by atoms with E-state index in [0.717, 1.165) is 6.54 Å². The number of methoxy groups -OCH3 is 1. The molecule has 3 heteroatoms. The molecule has 0 fully saturated rings. The quantitative estimate of drug-likeness (QED) is 0.624. The number of aromatic nitrogens is 2. The SMILES string of the molecule is CO[C@H](CCCCn1ccnc1)CCCC(C)(C)C. The van der Waals surface area contributed by atoms with Gasteiger partial charge >= 0.3 is 0 Å². The lowest BCUT2D eigenvalue weighted by Gasteiger charge is -2.20. The van der Waals surface area contributed by atoms with Crippen molar-refractivity contribution < 1.29 is 4.74 Å². The summed E-state index contributed by atoms with van der Waals surface area (Å²) in [6.45, 7) is 7.98. The molecular weight excluding hydrogens is 236 g/mol. The number of ether oxygens (including phenoxy) is 1. The van der Waals surface area contributed by atoms with Crippen molar-refractivity contribution in [3.63, 3.8) is 0 Å². The molecule has 3 nitrogen and oxygen atoms in total. The first-order valence-electron chi connectivity index (χ1n) is 7.50. The molecule has 1 heterocycles. The van der Waals surface area contributed by atoms with E-state index >= 15 is 0 Å². The Bertz CT molecular complexity index is 314. The maximum atomic E-state index is 5.58. The molecule has 0 saturated heterocycles. The van der Waals surface area contributed by atoms with Crippen LogP contribution in [0.1, 0.15) is 59.3 Å². The first-order valence-corrected chi connectivity index (χ1v) is 7.50. The molecule has 0 aliphatic carbocycles. The normalized spacial score (nSPS) is 13.7. The number of imidazole rings is 1. The zero-order chi connectivity index (χ0) is 14.1. The van der Waals surface area contributed by atoms with Gasteiger partial charge in [0.05, 0.1) is 12.4 Å². The molecule has 0 aliphatic rings. The van der Waals surface area contributed by atoms with Gasteiger partial charge in [0.1, 0.15) is 0 Å². The molecule has 0 amide bonds. The molecule has 0 spiro atoms. The Labute approximate surface area is 118 Å². The lowest BCUT2D eigenvalue weighted by molar-refractivity contribution is 0.0808. The van der Waals surface area contributed by atoms with E-state index in [-0.39, 0.29) is 0 Å². The van der Waals surface area contributed by atoms with Gasteiger partial charge in [-0.15, -0.1) is 0 Å². The summed E-state index contributed by atoms with van der Waals surface area (Å²) in [5, 5.41) is 0. The van der Waals surface area contributed by atoms with Gasteiger partial charge in [-0.3, -0.25) is 0 Å². The van der Waals surface area contributed by atoms with Crippen LogP contribution >= 0.6 is 0 Å². The van der Waals surface area contributed by atoms with Crippen LogP contribution in [0.3, 0.4) is 0 Å². The molecule has 1 rings (SSSR count). The average molecular weight is 266 g/mol. The van der Waals surface area contributed by atoms with Gasteiger partial charge in [0.2, 0.25) is 0 Å². The van der Waals surface area contributed by atoms with E-state index in [1.807, 2.05) is 25.8 Å². The van der Waals surface area contributed by atoms with Gasteiger partial charge in [0.15, 0.2) is 0 Å². The molecule has 1 aromatic rings. The zero-order valence-corrected chi connectivity index (χ0v) is 13.1. The van der Waals surface area contributed by atoms with Gasteiger partial charge in [0, 0.05) is 26.0 Å². The van der Waals surface area contributed by atoms with Crippen LogP contribution in [0.15, 0.2) is 18.7 Å². The van der Waals surface area contributed by atoms with Crippen LogP contribution in [0.2, 0.25) is 0 Å². The van der Waals surface area contributed by atoms with Crippen molar-refractivity contribution in [3.05, 3.63) is 18.7 Å². The summed E-state index contributed by atoms with van der Waals surface area (Å²) in [5.74, 6) is 0. The smallest absolute Gasteiger partial charge is 0.0945 e. The van der Waals surface area contributed by atoms with E-state index in [9.17, 15) is 0 Å². The van der Waals surface area contributed by atoms with Gasteiger partial charge in [-0.25, -0.2) is 4.98 Å². The van der Waals surface area contributed by atoms with Crippen molar-refractivity contribution in [3.8, 4) is 0 Å². The molecule has 19 heavy (non-hydrogen) atoms. The minimum Gasteiger partial charge on any atom is -0.381 e. The second-order valence-electron chi connectivity index (χ2n) is 6.61. The summed E-state index contributed by atoms with van der Waals surface area (Å²) in [6.07, 6.45) is 13.5. The molecule has 0 N–H and O–H groups in total. The second-order valence-corrected chi connectivity index (χ2v) is 6.61. The minimum atomic E-state index is 0.435. The molecule has 0 aromatic carbocycles. The average Bonchev–Trinajstić information content (AvgIpc) is 2.83. The van der Waals surface area contributed by atoms with Crippen molar-refractivity contribution in [2.75, 3.05) is 7.11 Å². The summed E-state index contributed by atoms with van der Waals surface area (Å²) in [7, 11) is 1.84. The van der Waals surface area contributed by atoms with Crippen molar-refractivity contribution in [1.82, 2.24) is 9.55 Å². The Morgan fingerprint density at radius 3 is 2.47 bits per heavy atom. The van der Waals surface area contributed by atoms with E-state index in [0.29, 0.717) is 11.5 Å². The lowest BCUT2D eigenvalue weighted by atomic mass is 9.89. The Morgan fingerprint density at radius 2 is 1.89 bits per heavy atom. The highest BCUT2D eigenvalue weighted by Crippen LogP contribution is 2.23. The summed E-state index contributed by atoms with van der Waals surface area (Å²) in [6, 6.07) is 0. The number of hydrogen-bond donors (Lipinski definition) is 0. The number of unbranched alkanes of at least 4 members (excludes halogenated alkanes) is 1. The molecule has 0 unspecified atom stereocenters. The summed E-state index contributed by atoms with van der Waals surface area (Å²) in [5.41, 5.74) is 0.444. The predicted molar refractivity (Wildman–Crippen MR) is 80.2 cm³/mol. The lowest BCUT2D eigenvalue weighted by Crippen LogP contribution is -2.13. The maximum Gasteiger partial charge on any atom is 0.0945 e. The Hall–Kier alpha value is -0.830. The van der Waals surface area contributed by atoms with Crippen LogP contribution in [0.25, 0.3) is 0 Å². The highest BCUT2D eigenvalue weighted by molar-refractivity contribution is 4.73. The third-order valence-electron chi connectivity index (χ3n) is 3.54. The summed E-state index contributed by atoms with van der Waals surface area (Å²) < 4.78 is 7.72. The molecule has 110 valence electrons. The first kappa shape index (κ1) is 16.2. The molecule has 0 bridgehead atoms. The molecule has 0 saturated carbocycles. The van der Waals surface area contributed by atoms with Crippen molar-refractivity contribution >= 4 is 0 Å². The monoisotopic (exact) mass is 266 g/mol. The highest BCUT2D eigenvalue weighted by Gasteiger charge is 2.12. The van der Waals surface area contributed by atoms with E-state index in [4.69, 9.17) is 4.74 Å². The van der Waals surface area contributed by atoms with Crippen LogP contribution in [0, 0.1) is 5.41 Å². The van der Waals surface area contributed by atoms with Crippen molar-refractivity contribution in [2.24, 2.45) is 5.41 Å². The molecule has 0 aliphatic heterocycles. The third kappa shape index (κ3) is 8.04. The fourth-order valence-corrected chi connectivity index (χ4v) is 2.33. The fourth-order valence-electron chi connectivity index (χ4n) is 2.33.